The van der Waals surface area contributed by atoms with Crippen molar-refractivity contribution in [1.82, 2.24) is 9.47 Å². The molecule has 5 aromatic rings. The number of amides is 1. The van der Waals surface area contributed by atoms with Crippen LogP contribution in [0.5, 0.6) is 5.75 Å². The van der Waals surface area contributed by atoms with Gasteiger partial charge in [0.2, 0.25) is 11.5 Å². The molecule has 1 saturated heterocycles. The molecular formula is C40H39FN4O4. The van der Waals surface area contributed by atoms with Gasteiger partial charge in [-0.25, -0.2) is 4.39 Å². The van der Waals surface area contributed by atoms with E-state index in [0.717, 1.165) is 29.5 Å². The van der Waals surface area contributed by atoms with Crippen LogP contribution in [0.25, 0.3) is 10.9 Å². The van der Waals surface area contributed by atoms with E-state index in [9.17, 15) is 9.59 Å². The summed E-state index contributed by atoms with van der Waals surface area (Å²) < 4.78 is 24.1. The van der Waals surface area contributed by atoms with Gasteiger partial charge in [-0.1, -0.05) is 96.2 Å². The Morgan fingerprint density at radius 2 is 1.49 bits per heavy atom. The number of rotatable bonds is 9. The Morgan fingerprint density at radius 3 is 1.98 bits per heavy atom. The minimum absolute atomic E-state index is 0.00705. The Morgan fingerprint density at radius 1 is 0.918 bits per heavy atom. The van der Waals surface area contributed by atoms with E-state index in [1.54, 1.807) is 18.0 Å². The second kappa shape index (κ2) is 13.2. The number of carbonyl (C=O) groups excluding carboxylic acids is 1. The summed E-state index contributed by atoms with van der Waals surface area (Å²) in [5.74, 6) is -0.236. The number of aromatic nitrogens is 1. The molecule has 1 aliphatic heterocycles. The molecule has 1 aromatic heterocycles. The molecular weight excluding hydrogens is 619 g/mol. The largest absolute Gasteiger partial charge is 0.492 e. The van der Waals surface area contributed by atoms with Crippen molar-refractivity contribution in [3.63, 3.8) is 0 Å². The van der Waals surface area contributed by atoms with Crippen LogP contribution < -0.4 is 15.1 Å². The van der Waals surface area contributed by atoms with Gasteiger partial charge >= 0.3 is 0 Å². The number of fused-ring (bicyclic) bond motifs is 1. The highest BCUT2D eigenvalue weighted by atomic mass is 19.1. The molecule has 2 heterocycles. The van der Waals surface area contributed by atoms with Gasteiger partial charge in [0.1, 0.15) is 5.69 Å². The highest BCUT2D eigenvalue weighted by molar-refractivity contribution is 5.95. The average molecular weight is 659 g/mol. The van der Waals surface area contributed by atoms with E-state index in [1.807, 2.05) is 107 Å². The second-order valence-corrected chi connectivity index (χ2v) is 12.8. The van der Waals surface area contributed by atoms with Crippen molar-refractivity contribution in [2.75, 3.05) is 31.6 Å². The fraction of sp³-hybridized carbons (Fsp3) is 0.275. The van der Waals surface area contributed by atoms with Crippen LogP contribution in [-0.4, -0.2) is 54.4 Å². The number of halogens is 1. The fourth-order valence-corrected chi connectivity index (χ4v) is 7.15. The molecule has 7 rings (SSSR count). The van der Waals surface area contributed by atoms with E-state index in [4.69, 9.17) is 9.57 Å². The first-order valence-electron chi connectivity index (χ1n) is 16.7. The van der Waals surface area contributed by atoms with Crippen molar-refractivity contribution in [3.8, 4) is 5.75 Å². The maximum atomic E-state index is 16.2. The van der Waals surface area contributed by atoms with Crippen LogP contribution in [-0.2, 0) is 15.2 Å². The molecule has 0 bridgehead atoms. The van der Waals surface area contributed by atoms with Crippen molar-refractivity contribution < 1.29 is 18.8 Å². The standard InChI is InChI=1S/C40H39FN4O4/c1-27-25-43(21-22-44(27)28(2)46)37-35(41)23-34-36(39(37)48-3)45(33-19-20-33)26-29(38(34)47)24-42-49-40(30-13-7-4-8-14-30,31-15-9-5-10-16-31)32-17-11-6-12-18-32/h4-18,23-24,26-27,33H,19-22,25H2,1-3H3. The lowest BCUT2D eigenvalue weighted by molar-refractivity contribution is -0.131. The molecule has 1 aliphatic carbocycles. The molecule has 4 aromatic carbocycles. The molecule has 2 aliphatic rings. The van der Waals surface area contributed by atoms with Crippen molar-refractivity contribution >= 4 is 28.7 Å². The van der Waals surface area contributed by atoms with E-state index >= 15 is 4.39 Å². The third kappa shape index (κ3) is 5.83. The number of pyridine rings is 1. The number of ether oxygens (including phenoxy) is 1. The summed E-state index contributed by atoms with van der Waals surface area (Å²) in [6.07, 6.45) is 5.07. The van der Waals surface area contributed by atoms with Crippen LogP contribution in [0.15, 0.2) is 113 Å². The summed E-state index contributed by atoms with van der Waals surface area (Å²) >= 11 is 0. The summed E-state index contributed by atoms with van der Waals surface area (Å²) in [6, 6.07) is 30.9. The molecule has 250 valence electrons. The lowest BCUT2D eigenvalue weighted by Gasteiger charge is -2.41. The van der Waals surface area contributed by atoms with Gasteiger partial charge in [0.05, 0.1) is 29.8 Å². The van der Waals surface area contributed by atoms with Gasteiger partial charge in [0.15, 0.2) is 17.0 Å². The first-order chi connectivity index (χ1) is 23.8. The number of nitrogens with zero attached hydrogens (tertiary/aromatic N) is 4. The van der Waals surface area contributed by atoms with E-state index in [2.05, 4.69) is 5.16 Å². The minimum atomic E-state index is -1.11. The summed E-state index contributed by atoms with van der Waals surface area (Å²) in [4.78, 5) is 36.5. The van der Waals surface area contributed by atoms with Gasteiger partial charge in [0, 0.05) is 61.5 Å². The second-order valence-electron chi connectivity index (χ2n) is 12.8. The van der Waals surface area contributed by atoms with E-state index < -0.39 is 11.4 Å². The van der Waals surface area contributed by atoms with Crippen LogP contribution in [0, 0.1) is 5.82 Å². The molecule has 0 radical (unpaired) electrons. The van der Waals surface area contributed by atoms with Crippen molar-refractivity contribution in [1.29, 1.82) is 0 Å². The first-order valence-corrected chi connectivity index (χ1v) is 16.7. The summed E-state index contributed by atoms with van der Waals surface area (Å²) in [5.41, 5.74) is 2.27. The van der Waals surface area contributed by atoms with Crippen LogP contribution in [0.3, 0.4) is 0 Å². The third-order valence-corrected chi connectivity index (χ3v) is 9.64. The number of piperazine rings is 1. The van der Waals surface area contributed by atoms with Crippen LogP contribution in [0.2, 0.25) is 0 Å². The molecule has 1 unspecified atom stereocenters. The molecule has 1 saturated carbocycles. The van der Waals surface area contributed by atoms with Gasteiger partial charge in [0.25, 0.3) is 0 Å². The lowest BCUT2D eigenvalue weighted by Crippen LogP contribution is -2.53. The maximum absolute atomic E-state index is 16.2. The lowest BCUT2D eigenvalue weighted by atomic mass is 9.80. The summed E-state index contributed by atoms with van der Waals surface area (Å²) in [6.45, 7) is 4.87. The highest BCUT2D eigenvalue weighted by Crippen LogP contribution is 2.44. The van der Waals surface area contributed by atoms with Gasteiger partial charge in [-0.15, -0.1) is 0 Å². The zero-order chi connectivity index (χ0) is 34.1. The maximum Gasteiger partial charge on any atom is 0.219 e. The molecule has 49 heavy (non-hydrogen) atoms. The van der Waals surface area contributed by atoms with Crippen molar-refractivity contribution in [2.24, 2.45) is 5.16 Å². The molecule has 0 N–H and O–H groups in total. The number of methoxy groups -OCH3 is 1. The number of carbonyl (C=O) groups is 1. The van der Waals surface area contributed by atoms with Crippen LogP contribution in [0.1, 0.15) is 55.0 Å². The molecule has 1 amide bonds. The minimum Gasteiger partial charge on any atom is -0.492 e. The summed E-state index contributed by atoms with van der Waals surface area (Å²) in [5, 5.41) is 4.73. The van der Waals surface area contributed by atoms with Gasteiger partial charge < -0.3 is 23.9 Å². The Balaban J connectivity index is 1.33. The average Bonchev–Trinajstić information content (AvgIpc) is 3.97. The molecule has 8 nitrogen and oxygen atoms in total. The van der Waals surface area contributed by atoms with Gasteiger partial charge in [-0.2, -0.15) is 0 Å². The Labute approximate surface area is 285 Å². The number of benzene rings is 4. The quantitative estimate of drug-likeness (QED) is 0.0981. The van der Waals surface area contributed by atoms with Crippen LogP contribution in [0.4, 0.5) is 10.1 Å². The van der Waals surface area contributed by atoms with E-state index in [0.29, 0.717) is 36.6 Å². The SMILES string of the molecule is COc1c(N2CCN(C(C)=O)C(C)C2)c(F)cc2c(=O)c(C=NOC(c3ccccc3)(c3ccccc3)c3ccccc3)cn(C3CC3)c12. The van der Waals surface area contributed by atoms with Crippen molar-refractivity contribution in [3.05, 3.63) is 142 Å². The Bertz CT molecular complexity index is 1970. The van der Waals surface area contributed by atoms with Crippen molar-refractivity contribution in [2.45, 2.75) is 44.4 Å². The van der Waals surface area contributed by atoms with Gasteiger partial charge in [-0.3, -0.25) is 9.59 Å². The Kier molecular flexibility index (Phi) is 8.67. The predicted molar refractivity (Wildman–Crippen MR) is 190 cm³/mol. The molecule has 0 spiro atoms. The monoisotopic (exact) mass is 658 g/mol. The predicted octanol–water partition coefficient (Wildman–Crippen LogP) is 6.88. The topological polar surface area (TPSA) is 76.4 Å². The Hall–Kier alpha value is -5.44. The summed E-state index contributed by atoms with van der Waals surface area (Å²) in [7, 11) is 1.51. The molecule has 2 fully saturated rings. The smallest absolute Gasteiger partial charge is 0.219 e. The fourth-order valence-electron chi connectivity index (χ4n) is 7.15. The first kappa shape index (κ1) is 32.1. The third-order valence-electron chi connectivity index (χ3n) is 9.64. The zero-order valence-corrected chi connectivity index (χ0v) is 27.9. The number of hydrogen-bond acceptors (Lipinski definition) is 6. The normalized spacial score (nSPS) is 16.7. The molecule has 1 atom stereocenters. The highest BCUT2D eigenvalue weighted by Gasteiger charge is 2.40. The zero-order valence-electron chi connectivity index (χ0n) is 27.9. The number of oxime groups is 1. The van der Waals surface area contributed by atoms with E-state index in [-0.39, 0.29) is 34.4 Å². The van der Waals surface area contributed by atoms with Gasteiger partial charge in [-0.05, 0) is 25.8 Å². The van der Waals surface area contributed by atoms with Crippen LogP contribution >= 0.6 is 0 Å². The molecule has 9 heteroatoms. The number of anilines is 1. The van der Waals surface area contributed by atoms with E-state index in [1.165, 1.54) is 19.4 Å². The number of hydrogen-bond donors (Lipinski definition) is 0.